The first-order chi connectivity index (χ1) is 34.6. The van der Waals surface area contributed by atoms with E-state index in [0.29, 0.717) is 25.0 Å². The summed E-state index contributed by atoms with van der Waals surface area (Å²) in [5, 5.41) is 29.4. The van der Waals surface area contributed by atoms with Gasteiger partial charge in [-0.2, -0.15) is 0 Å². The average Bonchev–Trinajstić information content (AvgIpc) is 3.83. The number of aromatic amines is 1. The molecule has 10 amide bonds. The van der Waals surface area contributed by atoms with Gasteiger partial charge in [0.05, 0.1) is 31.8 Å². The lowest BCUT2D eigenvalue weighted by Gasteiger charge is -2.31. The molecule has 0 saturated heterocycles. The lowest BCUT2D eigenvalue weighted by molar-refractivity contribution is -0.143. The Morgan fingerprint density at radius 3 is 1.59 bits per heavy atom. The van der Waals surface area contributed by atoms with Crippen LogP contribution in [0.25, 0.3) is 0 Å². The van der Waals surface area contributed by atoms with Crippen LogP contribution in [-0.2, 0) is 59.2 Å². The quantitative estimate of drug-likeness (QED) is 0.0174. The van der Waals surface area contributed by atoms with Crippen molar-refractivity contribution in [2.24, 2.45) is 57.3 Å². The predicted molar refractivity (Wildman–Crippen MR) is 270 cm³/mol. The van der Waals surface area contributed by atoms with Crippen LogP contribution < -0.4 is 71.2 Å². The monoisotopic (exact) mass is 1050 g/mol. The van der Waals surface area contributed by atoms with Gasteiger partial charge in [0.15, 0.2) is 5.96 Å². The van der Waals surface area contributed by atoms with Gasteiger partial charge in [-0.05, 0) is 49.4 Å². The summed E-state index contributed by atoms with van der Waals surface area (Å²) in [7, 11) is 0. The normalized spacial score (nSPS) is 15.2. The predicted octanol–water partition coefficient (Wildman–Crippen LogP) is -4.14. The maximum Gasteiger partial charge on any atom is 0.326 e. The Morgan fingerprint density at radius 2 is 1.09 bits per heavy atom. The van der Waals surface area contributed by atoms with Crippen LogP contribution in [0.2, 0.25) is 0 Å². The number of amides is 10. The Balaban J connectivity index is 3.49. The second-order valence-electron chi connectivity index (χ2n) is 19.1. The van der Waals surface area contributed by atoms with Gasteiger partial charge in [-0.25, -0.2) is 9.78 Å². The average molecular weight is 1050 g/mol. The number of carboxylic acid groups (broad SMARTS) is 1. The summed E-state index contributed by atoms with van der Waals surface area (Å²) in [6, 6.07) is -11.0. The van der Waals surface area contributed by atoms with E-state index in [4.69, 9.17) is 28.7 Å². The number of aliphatic imine (C=N–C) groups is 1. The Hall–Kier alpha value is -7.39. The third-order valence-corrected chi connectivity index (χ3v) is 11.7. The third kappa shape index (κ3) is 24.4. The molecule has 10 atom stereocenters. The Labute approximate surface area is 430 Å². The first kappa shape index (κ1) is 64.6. The van der Waals surface area contributed by atoms with Gasteiger partial charge in [0.1, 0.15) is 42.3 Å². The van der Waals surface area contributed by atoms with Crippen LogP contribution in [0.1, 0.15) is 112 Å². The minimum atomic E-state index is -1.68. The van der Waals surface area contributed by atoms with E-state index >= 15 is 0 Å². The van der Waals surface area contributed by atoms with Gasteiger partial charge >= 0.3 is 5.97 Å². The van der Waals surface area contributed by atoms with Crippen LogP contribution >= 0.6 is 0 Å². The standard InChI is InChI=1S/C46H80N16O12/c1-9-24(7)36(43(71)60-29(15-23(5)6)39(67)54-20-35(65)56-32(45(73)74)18-34(49)64)62-44(72)37(25(8)10-2)61-40(68)28(12-11-13-53-46(50)51)57-42(70)31(17-33(48)63)59-41(69)30(16-26-19-52-21-55-26)58-38(66)27(47)14-22(3)4/h19,21-25,27-32,36-37H,9-18,20,47H2,1-8H3,(H2,48,63)(H2,49,64)(H,52,55)(H,54,67)(H,56,65)(H,57,70)(H,58,66)(H,59,69)(H,60,71)(H,61,68)(H,62,72)(H,73,74)(H4,50,51,53). The van der Waals surface area contributed by atoms with Gasteiger partial charge in [-0.15, -0.1) is 0 Å². The summed E-state index contributed by atoms with van der Waals surface area (Å²) in [6.45, 7) is 13.4. The fourth-order valence-corrected chi connectivity index (χ4v) is 7.25. The summed E-state index contributed by atoms with van der Waals surface area (Å²) < 4.78 is 0. The number of carbonyl (C=O) groups excluding carboxylic acids is 10. The summed E-state index contributed by atoms with van der Waals surface area (Å²) in [5.74, 6) is -11.9. The molecule has 0 spiro atoms. The first-order valence-corrected chi connectivity index (χ1v) is 24.6. The molecule has 0 aliphatic carbocycles. The van der Waals surface area contributed by atoms with Crippen LogP contribution in [0.5, 0.6) is 0 Å². The van der Waals surface area contributed by atoms with Crippen molar-refractivity contribution in [2.45, 2.75) is 162 Å². The molecule has 0 saturated carbocycles. The van der Waals surface area contributed by atoms with E-state index in [9.17, 15) is 57.8 Å². The second-order valence-corrected chi connectivity index (χ2v) is 19.1. The van der Waals surface area contributed by atoms with Gasteiger partial charge in [0.2, 0.25) is 59.1 Å². The number of nitrogens with two attached hydrogens (primary N) is 5. The molecule has 1 aromatic rings. The summed E-state index contributed by atoms with van der Waals surface area (Å²) >= 11 is 0. The van der Waals surface area contributed by atoms with Crippen molar-refractivity contribution in [3.05, 3.63) is 18.2 Å². The Kier molecular flexibility index (Phi) is 28.5. The SMILES string of the molecule is CCC(C)C(NC(=O)C(CCCN=C(N)N)NC(=O)C(CC(N)=O)NC(=O)C(Cc1cnc[nH]1)NC(=O)C(N)CC(C)C)C(=O)NC(C(=O)NC(CC(C)C)C(=O)NCC(=O)NC(CC(N)=O)C(=O)O)C(C)CC. The molecular weight excluding hydrogens is 969 g/mol. The maximum atomic E-state index is 14.3. The molecule has 1 rings (SSSR count). The number of imidazole rings is 1. The molecule has 0 radical (unpaired) electrons. The number of aliphatic carboxylic acids is 1. The smallest absolute Gasteiger partial charge is 0.326 e. The number of H-pyrrole nitrogens is 1. The van der Waals surface area contributed by atoms with E-state index in [-0.39, 0.29) is 50.0 Å². The fourth-order valence-electron chi connectivity index (χ4n) is 7.25. The van der Waals surface area contributed by atoms with E-state index in [0.717, 1.165) is 0 Å². The highest BCUT2D eigenvalue weighted by Crippen LogP contribution is 2.15. The van der Waals surface area contributed by atoms with E-state index in [1.54, 1.807) is 41.5 Å². The van der Waals surface area contributed by atoms with Crippen LogP contribution in [0.3, 0.4) is 0 Å². The van der Waals surface area contributed by atoms with Crippen LogP contribution in [-0.4, -0.2) is 147 Å². The van der Waals surface area contributed by atoms with Gasteiger partial charge in [-0.1, -0.05) is 68.2 Å². The number of primary amides is 2. The number of aromatic nitrogens is 2. The van der Waals surface area contributed by atoms with Gasteiger partial charge < -0.3 is 81.3 Å². The number of hydrogen-bond donors (Lipinski definition) is 15. The highest BCUT2D eigenvalue weighted by molar-refractivity contribution is 5.99. The van der Waals surface area contributed by atoms with Crippen molar-refractivity contribution in [3.63, 3.8) is 0 Å². The molecular formula is C46H80N16O12. The molecule has 0 aromatic carbocycles. The molecule has 28 heteroatoms. The number of carboxylic acids is 1. The Morgan fingerprint density at radius 1 is 0.608 bits per heavy atom. The van der Waals surface area contributed by atoms with Crippen molar-refractivity contribution >= 4 is 71.0 Å². The largest absolute Gasteiger partial charge is 0.480 e. The highest BCUT2D eigenvalue weighted by atomic mass is 16.4. The van der Waals surface area contributed by atoms with Crippen LogP contribution in [0.4, 0.5) is 0 Å². The molecule has 74 heavy (non-hydrogen) atoms. The number of guanidine groups is 1. The lowest BCUT2D eigenvalue weighted by Crippen LogP contribution is -2.62. The molecule has 0 aliphatic heterocycles. The van der Waals surface area contributed by atoms with E-state index in [1.165, 1.54) is 12.5 Å². The molecule has 10 unspecified atom stereocenters. The van der Waals surface area contributed by atoms with Crippen LogP contribution in [0, 0.1) is 23.7 Å². The molecule has 416 valence electrons. The summed E-state index contributed by atoms with van der Waals surface area (Å²) in [4.78, 5) is 155. The maximum absolute atomic E-state index is 14.3. The van der Waals surface area contributed by atoms with Crippen molar-refractivity contribution < 1.29 is 57.8 Å². The van der Waals surface area contributed by atoms with Crippen molar-refractivity contribution in [1.29, 1.82) is 0 Å². The molecule has 1 aromatic heterocycles. The topological polar surface area (TPSA) is 475 Å². The second kappa shape index (κ2) is 32.6. The minimum absolute atomic E-state index is 0.00348. The van der Waals surface area contributed by atoms with E-state index < -0.39 is 145 Å². The zero-order valence-corrected chi connectivity index (χ0v) is 43.6. The van der Waals surface area contributed by atoms with Gasteiger partial charge in [0.25, 0.3) is 0 Å². The fraction of sp³-hybridized carbons (Fsp3) is 0.674. The van der Waals surface area contributed by atoms with Gasteiger partial charge in [0, 0.05) is 24.9 Å². The van der Waals surface area contributed by atoms with Crippen LogP contribution in [0.15, 0.2) is 17.5 Å². The van der Waals surface area contributed by atoms with Crippen molar-refractivity contribution in [2.75, 3.05) is 13.1 Å². The summed E-state index contributed by atoms with van der Waals surface area (Å²) in [6.07, 6.45) is 2.22. The number of carbonyl (C=O) groups is 11. The summed E-state index contributed by atoms with van der Waals surface area (Å²) in [5.41, 5.74) is 28.1. The number of nitrogens with one attached hydrogen (secondary N) is 9. The molecule has 20 N–H and O–H groups in total. The van der Waals surface area contributed by atoms with E-state index in [2.05, 4.69) is 57.5 Å². The molecule has 0 fully saturated rings. The highest BCUT2D eigenvalue weighted by Gasteiger charge is 2.37. The number of nitrogens with zero attached hydrogens (tertiary/aromatic N) is 2. The molecule has 0 aliphatic rings. The zero-order chi connectivity index (χ0) is 56.4. The Bertz CT molecular complexity index is 2100. The number of rotatable bonds is 35. The van der Waals surface area contributed by atoms with E-state index in [1.807, 2.05) is 13.8 Å². The van der Waals surface area contributed by atoms with Gasteiger partial charge in [-0.3, -0.25) is 52.9 Å². The minimum Gasteiger partial charge on any atom is -0.480 e. The number of hydrogen-bond acceptors (Lipinski definition) is 14. The van der Waals surface area contributed by atoms with Crippen molar-refractivity contribution in [3.8, 4) is 0 Å². The first-order valence-electron chi connectivity index (χ1n) is 24.6. The molecule has 28 nitrogen and oxygen atoms in total. The molecule has 0 bridgehead atoms. The third-order valence-electron chi connectivity index (χ3n) is 11.7. The van der Waals surface area contributed by atoms with Crippen molar-refractivity contribution in [1.82, 2.24) is 52.5 Å². The lowest BCUT2D eigenvalue weighted by atomic mass is 9.94. The zero-order valence-electron chi connectivity index (χ0n) is 43.6. The molecule has 1 heterocycles.